The van der Waals surface area contributed by atoms with Gasteiger partial charge in [0, 0.05) is 6.54 Å². The molecule has 12 nitrogen and oxygen atoms in total. The number of carbonyl (C=O) groups is 1. The van der Waals surface area contributed by atoms with Crippen LogP contribution in [0, 0.1) is 5.41 Å². The van der Waals surface area contributed by atoms with Gasteiger partial charge in [-0.3, -0.25) is 24.2 Å². The molecule has 0 aliphatic heterocycles. The Morgan fingerprint density at radius 3 is 1.85 bits per heavy atom. The van der Waals surface area contributed by atoms with E-state index >= 15 is 0 Å². The average molecular weight is 414 g/mol. The summed E-state index contributed by atoms with van der Waals surface area (Å²) in [5.74, 6) is -5.82. The van der Waals surface area contributed by atoms with Crippen molar-refractivity contribution in [2.24, 2.45) is 5.73 Å². The molecule has 0 aromatic rings. The second-order valence-electron chi connectivity index (χ2n) is 5.26. The molecule has 0 saturated heterocycles. The predicted molar refractivity (Wildman–Crippen MR) is 94.5 cm³/mol. The fourth-order valence-corrected chi connectivity index (χ4v) is 4.27. The van der Waals surface area contributed by atoms with Gasteiger partial charge < -0.3 is 35.7 Å². The highest BCUT2D eigenvalue weighted by Crippen LogP contribution is 2.52. The zero-order chi connectivity index (χ0) is 20.7. The maximum Gasteiger partial charge on any atom is 0.346 e. The molecule has 0 rings (SSSR count). The van der Waals surface area contributed by atoms with Crippen molar-refractivity contribution < 1.29 is 38.6 Å². The number of aliphatic carboxylic acids is 1. The lowest BCUT2D eigenvalue weighted by atomic mass is 10.1. The van der Waals surface area contributed by atoms with Crippen molar-refractivity contribution in [1.29, 1.82) is 5.41 Å². The zero-order valence-corrected chi connectivity index (χ0v) is 15.6. The number of guanidine groups is 1. The predicted octanol–water partition coefficient (Wildman–Crippen LogP) is -0.616. The lowest BCUT2D eigenvalue weighted by Crippen LogP contribution is -2.51. The third-order valence-corrected chi connectivity index (χ3v) is 5.67. The molecule has 0 aliphatic rings. The van der Waals surface area contributed by atoms with Crippen LogP contribution in [0.25, 0.3) is 0 Å². The van der Waals surface area contributed by atoms with Crippen LogP contribution in [0.2, 0.25) is 0 Å². The zero-order valence-electron chi connectivity index (χ0n) is 13.8. The number of hydrogen-bond donors (Lipinski definition) is 8. The lowest BCUT2D eigenvalue weighted by Gasteiger charge is -2.39. The molecule has 26 heavy (non-hydrogen) atoms. The Bertz CT molecular complexity index is 597. The van der Waals surface area contributed by atoms with Gasteiger partial charge in [0.15, 0.2) is 5.96 Å². The summed E-state index contributed by atoms with van der Waals surface area (Å²) in [6, 6.07) is -1.67. The molecule has 9 N–H and O–H groups in total. The summed E-state index contributed by atoms with van der Waals surface area (Å²) >= 11 is 0. The van der Waals surface area contributed by atoms with Crippen LogP contribution in [-0.2, 0) is 13.9 Å². The number of carboxylic acid groups (broad SMARTS) is 1. The fourth-order valence-electron chi connectivity index (χ4n) is 2.31. The molecule has 0 spiro atoms. The van der Waals surface area contributed by atoms with Crippen molar-refractivity contribution in [3.63, 3.8) is 0 Å². The largest absolute Gasteiger partial charge is 0.480 e. The SMILES string of the molecule is C=CC(N(C(C=C)P(=O)(O)O)[C@@H](CCCNC(=N)N)C(=O)O)P(=O)(O)O. The van der Waals surface area contributed by atoms with Crippen LogP contribution in [0.5, 0.6) is 0 Å². The van der Waals surface area contributed by atoms with Crippen molar-refractivity contribution in [3.8, 4) is 0 Å². The van der Waals surface area contributed by atoms with Crippen molar-refractivity contribution in [2.75, 3.05) is 6.54 Å². The molecule has 0 aromatic heterocycles. The molecule has 150 valence electrons. The van der Waals surface area contributed by atoms with Crippen LogP contribution in [-0.4, -0.2) is 65.7 Å². The molecule has 3 atom stereocenters. The highest BCUT2D eigenvalue weighted by molar-refractivity contribution is 7.53. The Hall–Kier alpha value is -1.52. The van der Waals surface area contributed by atoms with Crippen LogP contribution in [0.4, 0.5) is 0 Å². The van der Waals surface area contributed by atoms with E-state index in [1.165, 1.54) is 0 Å². The van der Waals surface area contributed by atoms with Gasteiger partial charge in [-0.15, -0.1) is 13.2 Å². The topological polar surface area (TPSA) is 217 Å². The van der Waals surface area contributed by atoms with Gasteiger partial charge >= 0.3 is 21.2 Å². The number of carboxylic acids is 1. The van der Waals surface area contributed by atoms with Gasteiger partial charge in [0.25, 0.3) is 0 Å². The molecule has 0 aliphatic carbocycles. The van der Waals surface area contributed by atoms with E-state index in [0.717, 1.165) is 12.2 Å². The number of rotatable bonds is 12. The van der Waals surface area contributed by atoms with E-state index in [4.69, 9.17) is 11.1 Å². The first-order chi connectivity index (χ1) is 11.8. The van der Waals surface area contributed by atoms with Crippen molar-refractivity contribution in [1.82, 2.24) is 10.2 Å². The van der Waals surface area contributed by atoms with E-state index in [2.05, 4.69) is 18.5 Å². The highest BCUT2D eigenvalue weighted by Gasteiger charge is 2.47. The average Bonchev–Trinajstić information content (AvgIpc) is 2.44. The molecule has 0 radical (unpaired) electrons. The van der Waals surface area contributed by atoms with Crippen molar-refractivity contribution in [2.45, 2.75) is 30.4 Å². The van der Waals surface area contributed by atoms with E-state index in [0.29, 0.717) is 4.90 Å². The molecule has 0 amide bonds. The van der Waals surface area contributed by atoms with Gasteiger partial charge in [-0.05, 0) is 12.8 Å². The molecule has 0 fully saturated rings. The fraction of sp³-hybridized carbons (Fsp3) is 0.500. The van der Waals surface area contributed by atoms with Crippen molar-refractivity contribution >= 4 is 27.1 Å². The van der Waals surface area contributed by atoms with Crippen LogP contribution in [0.15, 0.2) is 25.3 Å². The molecule has 0 heterocycles. The summed E-state index contributed by atoms with van der Waals surface area (Å²) in [6.45, 7) is 6.55. The summed E-state index contributed by atoms with van der Waals surface area (Å²) in [5, 5.41) is 18.9. The highest BCUT2D eigenvalue weighted by atomic mass is 31.2. The van der Waals surface area contributed by atoms with Crippen LogP contribution in [0.1, 0.15) is 12.8 Å². The summed E-state index contributed by atoms with van der Waals surface area (Å²) in [4.78, 5) is 50.1. The summed E-state index contributed by atoms with van der Waals surface area (Å²) in [5.41, 5.74) is 5.10. The Labute approximate surface area is 150 Å². The monoisotopic (exact) mass is 414 g/mol. The standard InChI is InChI=1S/C12H24N4O8P2/c1-3-9(25(19,20)21)16(10(4-2)26(22,23)24)8(11(17)18)6-5-7-15-12(13)14/h3-4,8-10H,1-2,5-7H2,(H,17,18)(H4,13,14,15)(H2,19,20,21)(H2,22,23,24)/t8-,9?,10?/m0/s1. The normalized spacial score (nSPS) is 15.7. The maximum atomic E-state index is 11.7. The summed E-state index contributed by atoms with van der Waals surface area (Å²) in [6.07, 6.45) is 1.31. The number of nitrogens with one attached hydrogen (secondary N) is 2. The first-order valence-corrected chi connectivity index (χ1v) is 10.6. The van der Waals surface area contributed by atoms with Gasteiger partial charge in [-0.2, -0.15) is 0 Å². The molecule has 0 saturated carbocycles. The second-order valence-corrected chi connectivity index (χ2v) is 8.68. The first kappa shape index (κ1) is 24.5. The van der Waals surface area contributed by atoms with E-state index in [-0.39, 0.29) is 25.3 Å². The molecule has 2 unspecified atom stereocenters. The van der Waals surface area contributed by atoms with E-state index < -0.39 is 38.8 Å². The third-order valence-electron chi connectivity index (χ3n) is 3.34. The minimum atomic E-state index is -5.03. The summed E-state index contributed by atoms with van der Waals surface area (Å²) < 4.78 is 23.5. The van der Waals surface area contributed by atoms with Gasteiger partial charge in [-0.1, -0.05) is 12.2 Å². The molecule has 0 aromatic carbocycles. The van der Waals surface area contributed by atoms with Gasteiger partial charge in [-0.25, -0.2) is 0 Å². The Balaban J connectivity index is 5.96. The van der Waals surface area contributed by atoms with Crippen molar-refractivity contribution in [3.05, 3.63) is 25.3 Å². The minimum absolute atomic E-state index is 0.0796. The molecule has 0 bridgehead atoms. The third kappa shape index (κ3) is 7.38. The number of nitrogens with two attached hydrogens (primary N) is 1. The van der Waals surface area contributed by atoms with Crippen LogP contribution in [0.3, 0.4) is 0 Å². The van der Waals surface area contributed by atoms with E-state index in [1.54, 1.807) is 0 Å². The quantitative estimate of drug-likeness (QED) is 0.0661. The molecular formula is C12H24N4O8P2. The van der Waals surface area contributed by atoms with Gasteiger partial charge in [0.2, 0.25) is 0 Å². The van der Waals surface area contributed by atoms with E-state index in [9.17, 15) is 38.6 Å². The minimum Gasteiger partial charge on any atom is -0.480 e. The summed E-state index contributed by atoms with van der Waals surface area (Å²) in [7, 11) is -10.1. The Morgan fingerprint density at radius 2 is 1.58 bits per heavy atom. The number of nitrogens with zero attached hydrogens (tertiary/aromatic N) is 1. The Morgan fingerprint density at radius 1 is 1.15 bits per heavy atom. The Kier molecular flexibility index (Phi) is 9.40. The van der Waals surface area contributed by atoms with Crippen LogP contribution >= 0.6 is 15.2 Å². The van der Waals surface area contributed by atoms with Gasteiger partial charge in [0.1, 0.15) is 17.6 Å². The van der Waals surface area contributed by atoms with Gasteiger partial charge in [0.05, 0.1) is 0 Å². The molecular weight excluding hydrogens is 390 g/mol. The first-order valence-electron chi connectivity index (χ1n) is 7.21. The number of hydrogen-bond acceptors (Lipinski definition) is 5. The van der Waals surface area contributed by atoms with Crippen LogP contribution < -0.4 is 11.1 Å². The molecule has 14 heteroatoms. The smallest absolute Gasteiger partial charge is 0.346 e. The van der Waals surface area contributed by atoms with E-state index in [1.807, 2.05) is 0 Å². The maximum absolute atomic E-state index is 11.7. The second kappa shape index (κ2) is 9.98. The lowest BCUT2D eigenvalue weighted by molar-refractivity contribution is -0.144.